The normalized spacial score (nSPS) is 14.8. The fourth-order valence-electron chi connectivity index (χ4n) is 3.32. The molecule has 0 fully saturated rings. The average Bonchev–Trinajstić information content (AvgIpc) is 3.22. The van der Waals surface area contributed by atoms with Gasteiger partial charge in [0.15, 0.2) is 0 Å². The molecule has 0 saturated carbocycles. The molecule has 0 aliphatic carbocycles. The molecule has 164 valence electrons. The highest BCUT2D eigenvalue weighted by molar-refractivity contribution is 7.91. The molecule has 4 rings (SSSR count). The van der Waals surface area contributed by atoms with Crippen LogP contribution in [-0.4, -0.2) is 32.0 Å². The SMILES string of the molecule is CCOc1cc(Cl)ccc1S(=O)(=O)c1ccc(CNC(=O)C2C=c3cnccc3=N2)cc1. The van der Waals surface area contributed by atoms with Crippen LogP contribution < -0.4 is 20.6 Å². The van der Waals surface area contributed by atoms with Crippen molar-refractivity contribution < 1.29 is 17.9 Å². The van der Waals surface area contributed by atoms with Gasteiger partial charge < -0.3 is 10.1 Å². The second-order valence-electron chi connectivity index (χ2n) is 7.06. The van der Waals surface area contributed by atoms with Crippen LogP contribution in [0.15, 0.2) is 75.7 Å². The lowest BCUT2D eigenvalue weighted by molar-refractivity contribution is -0.121. The molecule has 32 heavy (non-hydrogen) atoms. The third-order valence-electron chi connectivity index (χ3n) is 4.91. The van der Waals surface area contributed by atoms with Crippen molar-refractivity contribution in [1.29, 1.82) is 0 Å². The van der Waals surface area contributed by atoms with Crippen LogP contribution in [0.25, 0.3) is 6.08 Å². The van der Waals surface area contributed by atoms with Crippen LogP contribution in [0.1, 0.15) is 12.5 Å². The monoisotopic (exact) mass is 469 g/mol. The van der Waals surface area contributed by atoms with Gasteiger partial charge in [-0.2, -0.15) is 0 Å². The van der Waals surface area contributed by atoms with Crippen LogP contribution in [0.5, 0.6) is 5.75 Å². The zero-order valence-electron chi connectivity index (χ0n) is 17.2. The van der Waals surface area contributed by atoms with E-state index in [9.17, 15) is 13.2 Å². The maximum absolute atomic E-state index is 13.1. The fourth-order valence-corrected chi connectivity index (χ4v) is 4.86. The number of ether oxygens (including phenoxy) is 1. The topological polar surface area (TPSA) is 97.7 Å². The molecule has 1 unspecified atom stereocenters. The first kappa shape index (κ1) is 22.0. The number of halogens is 1. The molecule has 9 heteroatoms. The lowest BCUT2D eigenvalue weighted by Gasteiger charge is -2.12. The molecule has 7 nitrogen and oxygen atoms in total. The molecule has 0 radical (unpaired) electrons. The van der Waals surface area contributed by atoms with Gasteiger partial charge in [0.05, 0.1) is 16.9 Å². The summed E-state index contributed by atoms with van der Waals surface area (Å²) in [5, 5.41) is 4.79. The number of carbonyl (C=O) groups excluding carboxylic acids is 1. The van der Waals surface area contributed by atoms with Crippen molar-refractivity contribution in [3.63, 3.8) is 0 Å². The van der Waals surface area contributed by atoms with Crippen molar-refractivity contribution >= 4 is 33.4 Å². The minimum absolute atomic E-state index is 0.0530. The number of fused-ring (bicyclic) bond motifs is 1. The van der Waals surface area contributed by atoms with E-state index >= 15 is 0 Å². The number of amides is 1. The van der Waals surface area contributed by atoms with Gasteiger partial charge in [0, 0.05) is 35.2 Å². The molecule has 1 amide bonds. The summed E-state index contributed by atoms with van der Waals surface area (Å²) in [5.41, 5.74) is 0.760. The van der Waals surface area contributed by atoms with E-state index in [1.165, 1.54) is 30.3 Å². The Kier molecular flexibility index (Phi) is 6.25. The van der Waals surface area contributed by atoms with Crippen molar-refractivity contribution in [2.45, 2.75) is 29.3 Å². The maximum Gasteiger partial charge on any atom is 0.249 e. The predicted octanol–water partition coefficient (Wildman–Crippen LogP) is 2.07. The van der Waals surface area contributed by atoms with Crippen molar-refractivity contribution in [3.05, 3.63) is 82.1 Å². The number of rotatable bonds is 7. The molecule has 1 N–H and O–H groups in total. The predicted molar refractivity (Wildman–Crippen MR) is 120 cm³/mol. The van der Waals surface area contributed by atoms with Crippen LogP contribution in [0.4, 0.5) is 0 Å². The Morgan fingerprint density at radius 3 is 2.66 bits per heavy atom. The largest absolute Gasteiger partial charge is 0.492 e. The average molecular weight is 470 g/mol. The van der Waals surface area contributed by atoms with Crippen LogP contribution in [0.2, 0.25) is 5.02 Å². The number of benzene rings is 2. The van der Waals surface area contributed by atoms with Gasteiger partial charge in [-0.15, -0.1) is 0 Å². The molecule has 1 atom stereocenters. The first-order valence-corrected chi connectivity index (χ1v) is 11.8. The second kappa shape index (κ2) is 9.10. The van der Waals surface area contributed by atoms with Gasteiger partial charge in [0.2, 0.25) is 15.7 Å². The molecule has 0 spiro atoms. The van der Waals surface area contributed by atoms with E-state index in [2.05, 4.69) is 15.3 Å². The Morgan fingerprint density at radius 1 is 1.16 bits per heavy atom. The summed E-state index contributed by atoms with van der Waals surface area (Å²) in [4.78, 5) is 21.0. The Labute approximate surface area is 190 Å². The van der Waals surface area contributed by atoms with E-state index in [4.69, 9.17) is 16.3 Å². The number of carbonyl (C=O) groups is 1. The molecule has 1 aliphatic rings. The van der Waals surface area contributed by atoms with E-state index in [-0.39, 0.29) is 28.0 Å². The Bertz CT molecular complexity index is 1350. The first-order chi connectivity index (χ1) is 15.4. The summed E-state index contributed by atoms with van der Waals surface area (Å²) in [7, 11) is -3.80. The van der Waals surface area contributed by atoms with E-state index in [1.807, 2.05) is 0 Å². The molecule has 0 bridgehead atoms. The van der Waals surface area contributed by atoms with Gasteiger partial charge in [-0.05, 0) is 48.9 Å². The second-order valence-corrected chi connectivity index (χ2v) is 9.42. The van der Waals surface area contributed by atoms with Crippen molar-refractivity contribution in [1.82, 2.24) is 10.3 Å². The first-order valence-electron chi connectivity index (χ1n) is 9.92. The summed E-state index contributed by atoms with van der Waals surface area (Å²) in [6.45, 7) is 2.33. The number of nitrogens with zero attached hydrogens (tertiary/aromatic N) is 2. The Hall–Kier alpha value is -3.23. The minimum atomic E-state index is -3.80. The molecule has 2 heterocycles. The van der Waals surface area contributed by atoms with Crippen molar-refractivity contribution in [2.75, 3.05) is 6.61 Å². The summed E-state index contributed by atoms with van der Waals surface area (Å²) in [6.07, 6.45) is 5.06. The highest BCUT2D eigenvalue weighted by Crippen LogP contribution is 2.32. The standard InChI is InChI=1S/C23H20ClN3O4S/c1-2-31-21-12-17(24)5-8-22(21)32(29,30)18-6-3-15(4-7-18)13-26-23(28)20-11-16-14-25-10-9-19(16)27-20/h3-12,14,20H,2,13H2,1H3,(H,26,28). The summed E-state index contributed by atoms with van der Waals surface area (Å²) >= 11 is 5.98. The number of sulfone groups is 1. The summed E-state index contributed by atoms with van der Waals surface area (Å²) in [6, 6.07) is 11.9. The van der Waals surface area contributed by atoms with E-state index in [0.29, 0.717) is 11.6 Å². The van der Waals surface area contributed by atoms with Crippen molar-refractivity contribution in [3.8, 4) is 5.75 Å². The van der Waals surface area contributed by atoms with E-state index in [1.54, 1.807) is 43.6 Å². The number of pyridine rings is 1. The van der Waals surface area contributed by atoms with Gasteiger partial charge in [0.1, 0.15) is 16.7 Å². The molecule has 2 aromatic carbocycles. The number of nitrogens with one attached hydrogen (secondary N) is 1. The van der Waals surface area contributed by atoms with Gasteiger partial charge in [-0.25, -0.2) is 8.42 Å². The lowest BCUT2D eigenvalue weighted by atomic mass is 10.2. The minimum Gasteiger partial charge on any atom is -0.492 e. The quantitative estimate of drug-likeness (QED) is 0.571. The van der Waals surface area contributed by atoms with Gasteiger partial charge >= 0.3 is 0 Å². The maximum atomic E-state index is 13.1. The zero-order chi connectivity index (χ0) is 22.7. The smallest absolute Gasteiger partial charge is 0.249 e. The van der Waals surface area contributed by atoms with Gasteiger partial charge in [-0.1, -0.05) is 23.7 Å². The third-order valence-corrected chi connectivity index (χ3v) is 6.95. The third kappa shape index (κ3) is 4.51. The highest BCUT2D eigenvalue weighted by atomic mass is 35.5. The zero-order valence-corrected chi connectivity index (χ0v) is 18.7. The molecule has 1 aromatic heterocycles. The molecular weight excluding hydrogens is 450 g/mol. The number of aromatic nitrogens is 1. The van der Waals surface area contributed by atoms with Crippen LogP contribution >= 0.6 is 11.6 Å². The van der Waals surface area contributed by atoms with Gasteiger partial charge in [-0.3, -0.25) is 14.8 Å². The van der Waals surface area contributed by atoms with Crippen molar-refractivity contribution in [2.24, 2.45) is 4.99 Å². The number of hydrogen-bond acceptors (Lipinski definition) is 6. The molecule has 0 saturated heterocycles. The molecule has 3 aromatic rings. The van der Waals surface area contributed by atoms with Crippen LogP contribution in [0, 0.1) is 0 Å². The Morgan fingerprint density at radius 2 is 1.94 bits per heavy atom. The highest BCUT2D eigenvalue weighted by Gasteiger charge is 2.23. The fraction of sp³-hybridized carbons (Fsp3) is 0.174. The van der Waals surface area contributed by atoms with Gasteiger partial charge in [0.25, 0.3) is 0 Å². The van der Waals surface area contributed by atoms with Crippen LogP contribution in [0.3, 0.4) is 0 Å². The molecule has 1 aliphatic heterocycles. The lowest BCUT2D eigenvalue weighted by Crippen LogP contribution is -2.31. The van der Waals surface area contributed by atoms with Crippen LogP contribution in [-0.2, 0) is 21.2 Å². The van der Waals surface area contributed by atoms with E-state index in [0.717, 1.165) is 16.1 Å². The Balaban J connectivity index is 1.46. The summed E-state index contributed by atoms with van der Waals surface area (Å²) < 4.78 is 31.6. The molecular formula is C23H20ClN3O4S. The van der Waals surface area contributed by atoms with E-state index < -0.39 is 15.9 Å². The number of hydrogen-bond donors (Lipinski definition) is 1. The summed E-state index contributed by atoms with van der Waals surface area (Å²) in [5.74, 6) is -0.0236.